The molecule has 2 fully saturated rings. The Balaban J connectivity index is 2.15. The van der Waals surface area contributed by atoms with Gasteiger partial charge in [0.05, 0.1) is 5.92 Å². The quantitative estimate of drug-likeness (QED) is 0.768. The number of ketones is 1. The highest BCUT2D eigenvalue weighted by molar-refractivity contribution is 5.87. The number of carbonyl (C=O) groups is 3. The molecule has 1 amide bonds. The molecule has 1 N–H and O–H groups in total. The monoisotopic (exact) mass is 239 g/mol. The van der Waals surface area contributed by atoms with Crippen LogP contribution in [0.25, 0.3) is 0 Å². The van der Waals surface area contributed by atoms with Gasteiger partial charge in [-0.05, 0) is 12.8 Å². The Labute approximate surface area is 99.8 Å². The molecule has 1 saturated heterocycles. The lowest BCUT2D eigenvalue weighted by Gasteiger charge is -2.35. The fourth-order valence-electron chi connectivity index (χ4n) is 2.80. The summed E-state index contributed by atoms with van der Waals surface area (Å²) in [5, 5.41) is 9.15. The molecule has 94 valence electrons. The van der Waals surface area contributed by atoms with Crippen LogP contribution in [0, 0.1) is 11.8 Å². The smallest absolute Gasteiger partial charge is 0.309 e. The zero-order chi connectivity index (χ0) is 12.6. The third-order valence-corrected chi connectivity index (χ3v) is 3.86. The molecule has 0 spiro atoms. The first-order chi connectivity index (χ1) is 8.00. The van der Waals surface area contributed by atoms with Gasteiger partial charge in [-0.1, -0.05) is 6.92 Å². The molecule has 1 aliphatic heterocycles. The van der Waals surface area contributed by atoms with E-state index in [9.17, 15) is 14.4 Å². The lowest BCUT2D eigenvalue weighted by molar-refractivity contribution is -0.150. The van der Waals surface area contributed by atoms with E-state index in [1.807, 2.05) is 6.92 Å². The van der Waals surface area contributed by atoms with Crippen LogP contribution in [0.2, 0.25) is 0 Å². The van der Waals surface area contributed by atoms with E-state index in [-0.39, 0.29) is 30.1 Å². The average Bonchev–Trinajstić information content (AvgIpc) is 2.60. The van der Waals surface area contributed by atoms with E-state index in [1.165, 1.54) is 0 Å². The number of carbonyl (C=O) groups excluding carboxylic acids is 2. The van der Waals surface area contributed by atoms with Gasteiger partial charge in [-0.25, -0.2) is 0 Å². The highest BCUT2D eigenvalue weighted by Gasteiger charge is 2.42. The van der Waals surface area contributed by atoms with E-state index >= 15 is 0 Å². The third kappa shape index (κ3) is 2.18. The second-order valence-corrected chi connectivity index (χ2v) is 5.01. The largest absolute Gasteiger partial charge is 0.481 e. The molecule has 0 aromatic rings. The molecule has 5 nitrogen and oxygen atoms in total. The number of aliphatic carboxylic acids is 1. The number of carboxylic acid groups (broad SMARTS) is 1. The van der Waals surface area contributed by atoms with Crippen molar-refractivity contribution in [1.82, 2.24) is 4.90 Å². The zero-order valence-corrected chi connectivity index (χ0v) is 9.89. The van der Waals surface area contributed by atoms with Crippen LogP contribution in [-0.2, 0) is 14.4 Å². The van der Waals surface area contributed by atoms with Gasteiger partial charge in [0.15, 0.2) is 0 Å². The van der Waals surface area contributed by atoms with Gasteiger partial charge in [-0.3, -0.25) is 14.4 Å². The van der Waals surface area contributed by atoms with Gasteiger partial charge in [0.1, 0.15) is 5.78 Å². The molecule has 1 aliphatic carbocycles. The van der Waals surface area contributed by atoms with Crippen LogP contribution in [0.5, 0.6) is 0 Å². The predicted octanol–water partition coefficient (Wildman–Crippen LogP) is 0.677. The number of likely N-dealkylation sites (tertiary alicyclic amines) is 1. The van der Waals surface area contributed by atoms with Gasteiger partial charge in [0, 0.05) is 31.3 Å². The average molecular weight is 239 g/mol. The summed E-state index contributed by atoms with van der Waals surface area (Å²) >= 11 is 0. The van der Waals surface area contributed by atoms with E-state index in [2.05, 4.69) is 0 Å². The molecule has 1 saturated carbocycles. The van der Waals surface area contributed by atoms with Gasteiger partial charge in [-0.15, -0.1) is 0 Å². The van der Waals surface area contributed by atoms with Crippen molar-refractivity contribution in [3.63, 3.8) is 0 Å². The summed E-state index contributed by atoms with van der Waals surface area (Å²) in [4.78, 5) is 36.1. The fourth-order valence-corrected chi connectivity index (χ4v) is 2.80. The molecule has 0 radical (unpaired) electrons. The molecule has 17 heavy (non-hydrogen) atoms. The maximum absolute atomic E-state index is 11.9. The summed E-state index contributed by atoms with van der Waals surface area (Å²) in [5.74, 6) is -1.66. The summed E-state index contributed by atoms with van der Waals surface area (Å²) in [6.07, 6.45) is 1.74. The third-order valence-electron chi connectivity index (χ3n) is 3.86. The lowest BCUT2D eigenvalue weighted by Crippen LogP contribution is -2.48. The fraction of sp³-hybridized carbons (Fsp3) is 0.750. The second kappa shape index (κ2) is 4.47. The molecular formula is C12H17NO4. The standard InChI is InChI=1S/C12H17NO4/c1-7-4-5-13(11(7)15)10-3-2-8(14)6-9(10)12(16)17/h7,9-10H,2-6H2,1H3,(H,16,17)/t7-,9+,10-/m0/s1. The maximum Gasteiger partial charge on any atom is 0.309 e. The lowest BCUT2D eigenvalue weighted by atomic mass is 9.83. The predicted molar refractivity (Wildman–Crippen MR) is 59.3 cm³/mol. The first-order valence-corrected chi connectivity index (χ1v) is 6.05. The summed E-state index contributed by atoms with van der Waals surface area (Å²) in [6.45, 7) is 2.49. The van der Waals surface area contributed by atoms with E-state index in [1.54, 1.807) is 4.90 Å². The van der Waals surface area contributed by atoms with Crippen molar-refractivity contribution in [2.75, 3.05) is 6.54 Å². The van der Waals surface area contributed by atoms with Crippen molar-refractivity contribution in [1.29, 1.82) is 0 Å². The first-order valence-electron chi connectivity index (χ1n) is 6.05. The van der Waals surface area contributed by atoms with Gasteiger partial charge in [-0.2, -0.15) is 0 Å². The minimum Gasteiger partial charge on any atom is -0.481 e. The van der Waals surface area contributed by atoms with E-state index in [0.29, 0.717) is 19.4 Å². The van der Waals surface area contributed by atoms with E-state index < -0.39 is 11.9 Å². The van der Waals surface area contributed by atoms with Gasteiger partial charge < -0.3 is 10.0 Å². The minimum atomic E-state index is -0.963. The Hall–Kier alpha value is -1.39. The van der Waals surface area contributed by atoms with E-state index in [4.69, 9.17) is 5.11 Å². The van der Waals surface area contributed by atoms with Crippen molar-refractivity contribution in [2.45, 2.75) is 38.6 Å². The summed E-state index contributed by atoms with van der Waals surface area (Å²) in [7, 11) is 0. The van der Waals surface area contributed by atoms with Crippen LogP contribution in [-0.4, -0.2) is 40.3 Å². The molecule has 0 aromatic carbocycles. The maximum atomic E-state index is 11.9. The number of Topliss-reactive ketones (excluding diaryl/α,β-unsaturated/α-hetero) is 1. The molecule has 5 heteroatoms. The number of rotatable bonds is 2. The summed E-state index contributed by atoms with van der Waals surface area (Å²) < 4.78 is 0. The molecule has 2 rings (SSSR count). The zero-order valence-electron chi connectivity index (χ0n) is 9.89. The van der Waals surface area contributed by atoms with Crippen LogP contribution in [0.4, 0.5) is 0 Å². The Morgan fingerprint density at radius 1 is 1.35 bits per heavy atom. The second-order valence-electron chi connectivity index (χ2n) is 5.01. The molecule has 0 unspecified atom stereocenters. The normalized spacial score (nSPS) is 34.2. The SMILES string of the molecule is C[C@H]1CCN([C@H]2CCC(=O)C[C@H]2C(=O)O)C1=O. The summed E-state index contributed by atoms with van der Waals surface area (Å²) in [6, 6.07) is -0.289. The molecule has 0 bridgehead atoms. The van der Waals surface area contributed by atoms with Crippen molar-refractivity contribution in [3.8, 4) is 0 Å². The Bertz CT molecular complexity index is 366. The molecule has 3 atom stereocenters. The van der Waals surface area contributed by atoms with Gasteiger partial charge in [0.25, 0.3) is 0 Å². The highest BCUT2D eigenvalue weighted by Crippen LogP contribution is 2.31. The Morgan fingerprint density at radius 2 is 2.06 bits per heavy atom. The molecular weight excluding hydrogens is 222 g/mol. The van der Waals surface area contributed by atoms with Crippen LogP contribution in [0.1, 0.15) is 32.6 Å². The number of nitrogens with zero attached hydrogens (tertiary/aromatic N) is 1. The van der Waals surface area contributed by atoms with Crippen LogP contribution < -0.4 is 0 Å². The van der Waals surface area contributed by atoms with Gasteiger partial charge >= 0.3 is 5.97 Å². The highest BCUT2D eigenvalue weighted by atomic mass is 16.4. The van der Waals surface area contributed by atoms with Crippen LogP contribution in [0.15, 0.2) is 0 Å². The van der Waals surface area contributed by atoms with Crippen LogP contribution in [0.3, 0.4) is 0 Å². The first kappa shape index (κ1) is 12.1. The Kier molecular flexibility index (Phi) is 3.17. The minimum absolute atomic E-state index is 0.00616. The molecule has 2 aliphatic rings. The topological polar surface area (TPSA) is 74.7 Å². The van der Waals surface area contributed by atoms with Crippen molar-refractivity contribution < 1.29 is 19.5 Å². The number of hydrogen-bond donors (Lipinski definition) is 1. The Morgan fingerprint density at radius 3 is 2.59 bits per heavy atom. The number of carboxylic acids is 1. The number of amides is 1. The van der Waals surface area contributed by atoms with E-state index in [0.717, 1.165) is 6.42 Å². The van der Waals surface area contributed by atoms with Crippen LogP contribution >= 0.6 is 0 Å². The van der Waals surface area contributed by atoms with Crippen molar-refractivity contribution in [3.05, 3.63) is 0 Å². The molecule has 0 aromatic heterocycles. The summed E-state index contributed by atoms with van der Waals surface area (Å²) in [5.41, 5.74) is 0. The van der Waals surface area contributed by atoms with Crippen molar-refractivity contribution in [2.24, 2.45) is 11.8 Å². The number of hydrogen-bond acceptors (Lipinski definition) is 3. The van der Waals surface area contributed by atoms with Crippen molar-refractivity contribution >= 4 is 17.7 Å². The molecule has 1 heterocycles. The van der Waals surface area contributed by atoms with Gasteiger partial charge in [0.2, 0.25) is 5.91 Å².